The van der Waals surface area contributed by atoms with Gasteiger partial charge in [-0.1, -0.05) is 5.16 Å². The van der Waals surface area contributed by atoms with Gasteiger partial charge in [0.2, 0.25) is 0 Å². The lowest BCUT2D eigenvalue weighted by atomic mass is 10.2. The molecule has 0 aliphatic rings. The molecule has 1 aromatic rings. The Kier molecular flexibility index (Phi) is 6.09. The summed E-state index contributed by atoms with van der Waals surface area (Å²) in [7, 11) is 1.92. The maximum absolute atomic E-state index is 8.34. The third-order valence-electron chi connectivity index (χ3n) is 2.49. The van der Waals surface area contributed by atoms with Gasteiger partial charge >= 0.3 is 0 Å². The molecule has 96 valence electrons. The third-order valence-corrected chi connectivity index (χ3v) is 2.49. The molecule has 0 aromatic carbocycles. The Bertz CT molecular complexity index is 347. The molecule has 1 aromatic heterocycles. The first-order valence-electron chi connectivity index (χ1n) is 5.88. The quantitative estimate of drug-likeness (QED) is 0.202. The minimum Gasteiger partial charge on any atom is -0.409 e. The molecule has 0 radical (unpaired) electrons. The summed E-state index contributed by atoms with van der Waals surface area (Å²) in [6, 6.07) is 2.03. The van der Waals surface area contributed by atoms with Crippen molar-refractivity contribution in [2.45, 2.75) is 25.7 Å². The van der Waals surface area contributed by atoms with Gasteiger partial charge in [0.15, 0.2) is 0 Å². The highest BCUT2D eigenvalue weighted by Crippen LogP contribution is 1.95. The van der Waals surface area contributed by atoms with E-state index < -0.39 is 0 Å². The van der Waals surface area contributed by atoms with E-state index in [4.69, 9.17) is 10.9 Å². The van der Waals surface area contributed by atoms with Crippen molar-refractivity contribution in [2.24, 2.45) is 17.9 Å². The smallest absolute Gasteiger partial charge is 0.139 e. The zero-order valence-corrected chi connectivity index (χ0v) is 10.3. The Labute approximate surface area is 101 Å². The van der Waals surface area contributed by atoms with E-state index in [1.165, 1.54) is 0 Å². The summed E-state index contributed by atoms with van der Waals surface area (Å²) in [5.74, 6) is 0.304. The molecule has 0 saturated heterocycles. The number of hydrogen-bond donors (Lipinski definition) is 3. The summed E-state index contributed by atoms with van der Waals surface area (Å²) in [6.07, 6.45) is 5.51. The number of hydrogen-bond acceptors (Lipinski definition) is 4. The number of aromatic nitrogens is 2. The van der Waals surface area contributed by atoms with Gasteiger partial charge in [-0.05, 0) is 25.5 Å². The van der Waals surface area contributed by atoms with Crippen LogP contribution in [-0.2, 0) is 13.5 Å². The summed E-state index contributed by atoms with van der Waals surface area (Å²) in [5, 5.41) is 18.9. The standard InChI is InChI=1S/C11H21N5O/c1-16-9-6-10(14-16)5-8-13-7-3-2-4-11(12)15-17/h6,9,13,17H,2-5,7-8H2,1H3,(H2,12,15). The molecule has 1 heterocycles. The molecule has 0 saturated carbocycles. The number of nitrogens with one attached hydrogen (secondary N) is 1. The van der Waals surface area contributed by atoms with Crippen LogP contribution >= 0.6 is 0 Å². The molecule has 17 heavy (non-hydrogen) atoms. The molecule has 0 fully saturated rings. The number of amidine groups is 1. The van der Waals surface area contributed by atoms with Crippen molar-refractivity contribution in [3.63, 3.8) is 0 Å². The summed E-state index contributed by atoms with van der Waals surface area (Å²) in [6.45, 7) is 1.88. The SMILES string of the molecule is Cn1ccc(CCNCCCC/C(N)=N/O)n1. The monoisotopic (exact) mass is 239 g/mol. The Morgan fingerprint density at radius 1 is 1.53 bits per heavy atom. The van der Waals surface area contributed by atoms with Gasteiger partial charge in [0.05, 0.1) is 5.69 Å². The molecule has 0 spiro atoms. The van der Waals surface area contributed by atoms with Crippen LogP contribution in [0.1, 0.15) is 25.0 Å². The van der Waals surface area contributed by atoms with Crippen molar-refractivity contribution in [3.8, 4) is 0 Å². The average molecular weight is 239 g/mol. The normalized spacial score (nSPS) is 11.9. The first kappa shape index (κ1) is 13.5. The van der Waals surface area contributed by atoms with Gasteiger partial charge in [-0.2, -0.15) is 5.10 Å². The van der Waals surface area contributed by atoms with Gasteiger partial charge in [-0.25, -0.2) is 0 Å². The number of nitrogens with two attached hydrogens (primary N) is 1. The number of rotatable bonds is 8. The van der Waals surface area contributed by atoms with Crippen LogP contribution in [-0.4, -0.2) is 33.9 Å². The lowest BCUT2D eigenvalue weighted by Crippen LogP contribution is -2.19. The zero-order chi connectivity index (χ0) is 12.5. The largest absolute Gasteiger partial charge is 0.409 e. The van der Waals surface area contributed by atoms with Crippen molar-refractivity contribution >= 4 is 5.84 Å². The first-order chi connectivity index (χ1) is 8.22. The second kappa shape index (κ2) is 7.67. The highest BCUT2D eigenvalue weighted by molar-refractivity contribution is 5.79. The summed E-state index contributed by atoms with van der Waals surface area (Å²) in [5.41, 5.74) is 6.47. The van der Waals surface area contributed by atoms with E-state index in [1.54, 1.807) is 0 Å². The van der Waals surface area contributed by atoms with Gasteiger partial charge in [0.25, 0.3) is 0 Å². The summed E-state index contributed by atoms with van der Waals surface area (Å²) < 4.78 is 1.81. The van der Waals surface area contributed by atoms with E-state index in [9.17, 15) is 0 Å². The van der Waals surface area contributed by atoms with Crippen molar-refractivity contribution in [1.29, 1.82) is 0 Å². The van der Waals surface area contributed by atoms with E-state index in [1.807, 2.05) is 24.0 Å². The fourth-order valence-corrected chi connectivity index (χ4v) is 1.54. The van der Waals surface area contributed by atoms with Crippen LogP contribution < -0.4 is 11.1 Å². The predicted molar refractivity (Wildman–Crippen MR) is 67.0 cm³/mol. The van der Waals surface area contributed by atoms with Crippen LogP contribution in [0.15, 0.2) is 17.4 Å². The van der Waals surface area contributed by atoms with Crippen LogP contribution in [0.5, 0.6) is 0 Å². The Morgan fingerprint density at radius 3 is 3.00 bits per heavy atom. The van der Waals surface area contributed by atoms with Crippen LogP contribution in [0.25, 0.3) is 0 Å². The van der Waals surface area contributed by atoms with Gasteiger partial charge in [0.1, 0.15) is 5.84 Å². The Balaban J connectivity index is 1.94. The highest BCUT2D eigenvalue weighted by Gasteiger charge is 1.97. The molecule has 0 atom stereocenters. The molecular formula is C11H21N5O. The topological polar surface area (TPSA) is 88.5 Å². The van der Waals surface area contributed by atoms with Gasteiger partial charge < -0.3 is 16.3 Å². The third kappa shape index (κ3) is 5.91. The zero-order valence-electron chi connectivity index (χ0n) is 10.3. The van der Waals surface area contributed by atoms with E-state index in [-0.39, 0.29) is 0 Å². The van der Waals surface area contributed by atoms with E-state index >= 15 is 0 Å². The van der Waals surface area contributed by atoms with Crippen molar-refractivity contribution in [3.05, 3.63) is 18.0 Å². The van der Waals surface area contributed by atoms with Gasteiger partial charge in [0, 0.05) is 32.6 Å². The van der Waals surface area contributed by atoms with Crippen LogP contribution in [0, 0.1) is 0 Å². The number of aryl methyl sites for hydroxylation is 1. The van der Waals surface area contributed by atoms with Crippen molar-refractivity contribution in [2.75, 3.05) is 13.1 Å². The molecule has 1 rings (SSSR count). The van der Waals surface area contributed by atoms with Crippen molar-refractivity contribution < 1.29 is 5.21 Å². The van der Waals surface area contributed by atoms with Crippen LogP contribution in [0.3, 0.4) is 0 Å². The molecule has 6 heteroatoms. The number of oxime groups is 1. The molecule has 0 aliphatic heterocycles. The molecule has 0 aliphatic carbocycles. The van der Waals surface area contributed by atoms with E-state index in [0.29, 0.717) is 12.3 Å². The summed E-state index contributed by atoms with van der Waals surface area (Å²) in [4.78, 5) is 0. The van der Waals surface area contributed by atoms with Crippen molar-refractivity contribution in [1.82, 2.24) is 15.1 Å². The van der Waals surface area contributed by atoms with Gasteiger partial charge in [-0.3, -0.25) is 4.68 Å². The van der Waals surface area contributed by atoms with E-state index in [2.05, 4.69) is 15.6 Å². The molecule has 6 nitrogen and oxygen atoms in total. The second-order valence-corrected chi connectivity index (χ2v) is 4.03. The maximum Gasteiger partial charge on any atom is 0.139 e. The predicted octanol–water partition coefficient (Wildman–Crippen LogP) is 0.469. The van der Waals surface area contributed by atoms with E-state index in [0.717, 1.165) is 38.0 Å². The average Bonchev–Trinajstić information content (AvgIpc) is 2.73. The highest BCUT2D eigenvalue weighted by atomic mass is 16.4. The van der Waals surface area contributed by atoms with Crippen LogP contribution in [0.4, 0.5) is 0 Å². The second-order valence-electron chi connectivity index (χ2n) is 4.03. The minimum absolute atomic E-state index is 0.304. The molecule has 0 amide bonds. The number of nitrogens with zero attached hydrogens (tertiary/aromatic N) is 3. The molecular weight excluding hydrogens is 218 g/mol. The number of unbranched alkanes of at least 4 members (excludes halogenated alkanes) is 1. The van der Waals surface area contributed by atoms with Crippen LogP contribution in [0.2, 0.25) is 0 Å². The summed E-state index contributed by atoms with van der Waals surface area (Å²) >= 11 is 0. The fourth-order valence-electron chi connectivity index (χ4n) is 1.54. The molecule has 0 unspecified atom stereocenters. The minimum atomic E-state index is 0.304. The maximum atomic E-state index is 8.34. The molecule has 0 bridgehead atoms. The lowest BCUT2D eigenvalue weighted by Gasteiger charge is -2.03. The Hall–Kier alpha value is -1.56. The first-order valence-corrected chi connectivity index (χ1v) is 5.88. The molecule has 4 N–H and O–H groups in total. The lowest BCUT2D eigenvalue weighted by molar-refractivity contribution is 0.316. The van der Waals surface area contributed by atoms with Gasteiger partial charge in [-0.15, -0.1) is 0 Å². The fraction of sp³-hybridized carbons (Fsp3) is 0.636. The Morgan fingerprint density at radius 2 is 2.35 bits per heavy atom.